The van der Waals surface area contributed by atoms with Crippen molar-refractivity contribution in [1.29, 1.82) is 0 Å². The van der Waals surface area contributed by atoms with Gasteiger partial charge >= 0.3 is 0 Å². The van der Waals surface area contributed by atoms with Crippen LogP contribution >= 0.6 is 39.9 Å². The molecule has 1 saturated heterocycles. The molecule has 0 aliphatic carbocycles. The lowest BCUT2D eigenvalue weighted by Crippen LogP contribution is -2.27. The maximum Gasteiger partial charge on any atom is 0.266 e. The number of carbonyl (C=O) groups excluding carboxylic acids is 1. The SMILES string of the molecule is C=CCN1C(=O)C(=Cc2cc(Br)ccc2OCc2ccc(F)cc2)SC1=S. The molecule has 3 rings (SSSR count). The zero-order chi connectivity index (χ0) is 19.4. The Balaban J connectivity index is 1.84. The molecular formula is C20H15BrFNO2S2. The van der Waals surface area contributed by atoms with Crippen molar-refractivity contribution < 1.29 is 13.9 Å². The van der Waals surface area contributed by atoms with E-state index in [4.69, 9.17) is 17.0 Å². The molecule has 7 heteroatoms. The Morgan fingerprint density at radius 2 is 2.00 bits per heavy atom. The fourth-order valence-corrected chi connectivity index (χ4v) is 4.08. The number of ether oxygens (including phenoxy) is 1. The van der Waals surface area contributed by atoms with Gasteiger partial charge in [0.15, 0.2) is 0 Å². The highest BCUT2D eigenvalue weighted by Crippen LogP contribution is 2.35. The predicted molar refractivity (Wildman–Crippen MR) is 115 cm³/mol. The second-order valence-electron chi connectivity index (χ2n) is 5.68. The Morgan fingerprint density at radius 1 is 1.26 bits per heavy atom. The van der Waals surface area contributed by atoms with E-state index in [9.17, 15) is 9.18 Å². The molecule has 0 saturated carbocycles. The quantitative estimate of drug-likeness (QED) is 0.318. The number of thioether (sulfide) groups is 1. The summed E-state index contributed by atoms with van der Waals surface area (Å²) in [4.78, 5) is 14.6. The number of benzene rings is 2. The van der Waals surface area contributed by atoms with Gasteiger partial charge in [-0.2, -0.15) is 0 Å². The summed E-state index contributed by atoms with van der Waals surface area (Å²) < 4.78 is 20.3. The van der Waals surface area contributed by atoms with E-state index in [1.165, 1.54) is 28.8 Å². The van der Waals surface area contributed by atoms with Gasteiger partial charge in [-0.3, -0.25) is 9.69 Å². The lowest BCUT2D eigenvalue weighted by atomic mass is 10.1. The average Bonchev–Trinajstić information content (AvgIpc) is 2.90. The Morgan fingerprint density at radius 3 is 2.70 bits per heavy atom. The number of hydrogen-bond donors (Lipinski definition) is 0. The van der Waals surface area contributed by atoms with Crippen molar-refractivity contribution in [1.82, 2.24) is 4.90 Å². The van der Waals surface area contributed by atoms with Crippen molar-refractivity contribution in [3.05, 3.63) is 81.4 Å². The predicted octanol–water partition coefficient (Wildman–Crippen LogP) is 5.55. The van der Waals surface area contributed by atoms with Gasteiger partial charge in [-0.1, -0.05) is 58.1 Å². The van der Waals surface area contributed by atoms with Crippen molar-refractivity contribution in [2.24, 2.45) is 0 Å². The third kappa shape index (κ3) is 4.86. The van der Waals surface area contributed by atoms with Crippen LogP contribution < -0.4 is 4.74 Å². The lowest BCUT2D eigenvalue weighted by molar-refractivity contribution is -0.121. The molecule has 0 bridgehead atoms. The van der Waals surface area contributed by atoms with Crippen LogP contribution in [0.2, 0.25) is 0 Å². The van der Waals surface area contributed by atoms with Gasteiger partial charge in [0.25, 0.3) is 5.91 Å². The molecule has 1 aliphatic rings. The van der Waals surface area contributed by atoms with E-state index in [0.717, 1.165) is 15.6 Å². The summed E-state index contributed by atoms with van der Waals surface area (Å²) in [6.45, 7) is 4.33. The molecule has 0 aromatic heterocycles. The molecule has 1 amide bonds. The second kappa shape index (κ2) is 8.82. The maximum absolute atomic E-state index is 13.0. The molecule has 2 aromatic carbocycles. The minimum Gasteiger partial charge on any atom is -0.488 e. The summed E-state index contributed by atoms with van der Waals surface area (Å²) in [6.07, 6.45) is 3.41. The maximum atomic E-state index is 13.0. The Kier molecular flexibility index (Phi) is 6.46. The molecule has 1 aliphatic heterocycles. The molecule has 27 heavy (non-hydrogen) atoms. The van der Waals surface area contributed by atoms with Crippen LogP contribution in [0.5, 0.6) is 5.75 Å². The Labute approximate surface area is 175 Å². The number of nitrogens with zero attached hydrogens (tertiary/aromatic N) is 1. The highest BCUT2D eigenvalue weighted by molar-refractivity contribution is 9.10. The summed E-state index contributed by atoms with van der Waals surface area (Å²) in [5.41, 5.74) is 1.60. The monoisotopic (exact) mass is 463 g/mol. The van der Waals surface area contributed by atoms with Crippen LogP contribution in [-0.4, -0.2) is 21.7 Å². The van der Waals surface area contributed by atoms with Crippen LogP contribution in [-0.2, 0) is 11.4 Å². The van der Waals surface area contributed by atoms with Gasteiger partial charge < -0.3 is 4.74 Å². The van der Waals surface area contributed by atoms with Gasteiger partial charge in [0, 0.05) is 16.6 Å². The van der Waals surface area contributed by atoms with Crippen LogP contribution in [0.1, 0.15) is 11.1 Å². The second-order valence-corrected chi connectivity index (χ2v) is 8.27. The topological polar surface area (TPSA) is 29.5 Å². The highest BCUT2D eigenvalue weighted by Gasteiger charge is 2.31. The largest absolute Gasteiger partial charge is 0.488 e. The minimum absolute atomic E-state index is 0.144. The molecule has 0 N–H and O–H groups in total. The fraction of sp³-hybridized carbons (Fsp3) is 0.100. The smallest absolute Gasteiger partial charge is 0.266 e. The number of carbonyl (C=O) groups is 1. The molecule has 0 radical (unpaired) electrons. The first-order valence-electron chi connectivity index (χ1n) is 8.01. The van der Waals surface area contributed by atoms with Gasteiger partial charge in [-0.05, 0) is 42.0 Å². The number of thiocarbonyl (C=S) groups is 1. The lowest BCUT2D eigenvalue weighted by Gasteiger charge is -2.11. The zero-order valence-electron chi connectivity index (χ0n) is 14.2. The fourth-order valence-electron chi connectivity index (χ4n) is 2.43. The summed E-state index contributed by atoms with van der Waals surface area (Å²) >= 11 is 9.97. The zero-order valence-corrected chi connectivity index (χ0v) is 17.4. The molecule has 1 heterocycles. The first-order valence-corrected chi connectivity index (χ1v) is 10.0. The summed E-state index contributed by atoms with van der Waals surface area (Å²) in [5, 5.41) is 0. The number of amides is 1. The highest BCUT2D eigenvalue weighted by atomic mass is 79.9. The van der Waals surface area contributed by atoms with Crippen molar-refractivity contribution in [3.63, 3.8) is 0 Å². The minimum atomic E-state index is -0.287. The van der Waals surface area contributed by atoms with Crippen LogP contribution in [0.3, 0.4) is 0 Å². The van der Waals surface area contributed by atoms with Crippen LogP contribution in [0.25, 0.3) is 6.08 Å². The van der Waals surface area contributed by atoms with Gasteiger partial charge in [0.1, 0.15) is 22.5 Å². The first kappa shape index (κ1) is 19.8. The third-order valence-electron chi connectivity index (χ3n) is 3.75. The van der Waals surface area contributed by atoms with E-state index in [-0.39, 0.29) is 11.7 Å². The summed E-state index contributed by atoms with van der Waals surface area (Å²) in [5.74, 6) is 0.190. The van der Waals surface area contributed by atoms with Crippen LogP contribution in [0.4, 0.5) is 4.39 Å². The number of rotatable bonds is 6. The third-order valence-corrected chi connectivity index (χ3v) is 5.62. The molecule has 138 valence electrons. The van der Waals surface area contributed by atoms with Crippen molar-refractivity contribution in [3.8, 4) is 5.75 Å². The Bertz CT molecular complexity index is 928. The van der Waals surface area contributed by atoms with Gasteiger partial charge in [-0.25, -0.2) is 4.39 Å². The molecule has 2 aromatic rings. The van der Waals surface area contributed by atoms with Crippen LogP contribution in [0.15, 0.2) is 64.5 Å². The van der Waals surface area contributed by atoms with Gasteiger partial charge in [-0.15, -0.1) is 6.58 Å². The van der Waals surface area contributed by atoms with E-state index in [1.54, 1.807) is 24.3 Å². The number of halogens is 2. The van der Waals surface area contributed by atoms with Crippen molar-refractivity contribution in [2.45, 2.75) is 6.61 Å². The van der Waals surface area contributed by atoms with E-state index in [2.05, 4.69) is 22.5 Å². The summed E-state index contributed by atoms with van der Waals surface area (Å²) in [6, 6.07) is 11.7. The van der Waals surface area contributed by atoms with E-state index in [1.807, 2.05) is 18.2 Å². The van der Waals surface area contributed by atoms with Gasteiger partial charge in [0.05, 0.1) is 4.91 Å². The molecule has 3 nitrogen and oxygen atoms in total. The van der Waals surface area contributed by atoms with E-state index in [0.29, 0.717) is 28.1 Å². The molecule has 0 atom stereocenters. The number of hydrogen-bond acceptors (Lipinski definition) is 4. The van der Waals surface area contributed by atoms with E-state index < -0.39 is 0 Å². The van der Waals surface area contributed by atoms with Crippen molar-refractivity contribution >= 4 is 56.2 Å². The standard InChI is InChI=1S/C20H15BrFNO2S2/c1-2-9-23-19(24)18(27-20(23)26)11-14-10-15(21)5-8-17(14)25-12-13-3-6-16(22)7-4-13/h2-8,10-11H,1,9,12H2. The average molecular weight is 464 g/mol. The molecule has 0 unspecified atom stereocenters. The molecular weight excluding hydrogens is 449 g/mol. The molecule has 0 spiro atoms. The molecule has 1 fully saturated rings. The summed E-state index contributed by atoms with van der Waals surface area (Å²) in [7, 11) is 0. The Hall–Kier alpha value is -1.96. The van der Waals surface area contributed by atoms with E-state index >= 15 is 0 Å². The first-order chi connectivity index (χ1) is 13.0. The van der Waals surface area contributed by atoms with Crippen molar-refractivity contribution in [2.75, 3.05) is 6.54 Å². The normalized spacial score (nSPS) is 15.5. The van der Waals surface area contributed by atoms with Crippen LogP contribution in [0, 0.1) is 5.82 Å². The van der Waals surface area contributed by atoms with Gasteiger partial charge in [0.2, 0.25) is 0 Å².